The number of hydrogen-bond acceptors (Lipinski definition) is 0. The molecule has 0 amide bonds. The van der Waals surface area contributed by atoms with E-state index in [1.807, 2.05) is 12.1 Å². The molecule has 0 saturated carbocycles. The van der Waals surface area contributed by atoms with E-state index in [4.69, 9.17) is 23.2 Å². The third-order valence-electron chi connectivity index (χ3n) is 2.18. The number of benzene rings is 1. The summed E-state index contributed by atoms with van der Waals surface area (Å²) in [6.45, 7) is 0. The van der Waals surface area contributed by atoms with Gasteiger partial charge in [-0.15, -0.1) is 0 Å². The summed E-state index contributed by atoms with van der Waals surface area (Å²) in [5.41, 5.74) is 2.51. The van der Waals surface area contributed by atoms with Crippen LogP contribution in [0.2, 0.25) is 10.0 Å². The van der Waals surface area contributed by atoms with Gasteiger partial charge in [0.15, 0.2) is 0 Å². The highest BCUT2D eigenvalue weighted by molar-refractivity contribution is 9.09. The van der Waals surface area contributed by atoms with E-state index in [0.29, 0.717) is 4.83 Å². The molecule has 1 aliphatic carbocycles. The molecule has 12 heavy (non-hydrogen) atoms. The Morgan fingerprint density at radius 1 is 1.33 bits per heavy atom. The van der Waals surface area contributed by atoms with Crippen LogP contribution >= 0.6 is 39.1 Å². The Morgan fingerprint density at radius 3 is 2.83 bits per heavy atom. The van der Waals surface area contributed by atoms with E-state index >= 15 is 0 Å². The van der Waals surface area contributed by atoms with Crippen molar-refractivity contribution in [2.45, 2.75) is 17.7 Å². The second kappa shape index (κ2) is 3.21. The topological polar surface area (TPSA) is 0 Å². The molecule has 0 saturated heterocycles. The fraction of sp³-hybridized carbons (Fsp3) is 0.333. The van der Waals surface area contributed by atoms with Gasteiger partial charge < -0.3 is 0 Å². The first kappa shape index (κ1) is 8.86. The second-order valence-electron chi connectivity index (χ2n) is 2.96. The molecule has 1 aromatic rings. The van der Waals surface area contributed by atoms with E-state index in [1.165, 1.54) is 11.1 Å². The largest absolute Gasteiger partial charge is 0.0843 e. The Bertz CT molecular complexity index is 323. The Balaban J connectivity index is 2.60. The Labute approximate surface area is 90.0 Å². The van der Waals surface area contributed by atoms with Crippen molar-refractivity contribution >= 4 is 39.1 Å². The minimum atomic E-state index is 0.434. The molecule has 1 aliphatic rings. The third kappa shape index (κ3) is 1.39. The summed E-state index contributed by atoms with van der Waals surface area (Å²) in [5.74, 6) is 0. The van der Waals surface area contributed by atoms with Crippen LogP contribution in [0.5, 0.6) is 0 Å². The van der Waals surface area contributed by atoms with Gasteiger partial charge in [-0.25, -0.2) is 0 Å². The molecule has 0 heterocycles. The van der Waals surface area contributed by atoms with Crippen LogP contribution < -0.4 is 0 Å². The van der Waals surface area contributed by atoms with E-state index in [9.17, 15) is 0 Å². The highest BCUT2D eigenvalue weighted by atomic mass is 79.9. The Hall–Kier alpha value is 0.280. The molecule has 0 bridgehead atoms. The van der Waals surface area contributed by atoms with Crippen molar-refractivity contribution in [1.29, 1.82) is 0 Å². The van der Waals surface area contributed by atoms with Gasteiger partial charge in [-0.1, -0.05) is 39.1 Å². The predicted molar refractivity (Wildman–Crippen MR) is 56.5 cm³/mol. The van der Waals surface area contributed by atoms with Gasteiger partial charge in [0, 0.05) is 14.9 Å². The van der Waals surface area contributed by atoms with Gasteiger partial charge in [-0.05, 0) is 36.1 Å². The minimum absolute atomic E-state index is 0.434. The summed E-state index contributed by atoms with van der Waals surface area (Å²) in [5, 5.41) is 1.53. The second-order valence-corrected chi connectivity index (χ2v) is 4.91. The van der Waals surface area contributed by atoms with Gasteiger partial charge in [0.25, 0.3) is 0 Å². The average molecular weight is 266 g/mol. The highest BCUT2D eigenvalue weighted by Gasteiger charge is 2.22. The molecule has 0 nitrogen and oxygen atoms in total. The lowest BCUT2D eigenvalue weighted by Crippen LogP contribution is -1.84. The first-order chi connectivity index (χ1) is 5.68. The monoisotopic (exact) mass is 264 g/mol. The maximum Gasteiger partial charge on any atom is 0.0455 e. The summed E-state index contributed by atoms with van der Waals surface area (Å²) in [6.07, 6.45) is 2.18. The van der Waals surface area contributed by atoms with Crippen LogP contribution in [0.1, 0.15) is 22.4 Å². The van der Waals surface area contributed by atoms with Crippen molar-refractivity contribution in [1.82, 2.24) is 0 Å². The zero-order valence-electron chi connectivity index (χ0n) is 6.28. The summed E-state index contributed by atoms with van der Waals surface area (Å²) in [6, 6.07) is 3.81. The molecule has 0 N–H and O–H groups in total. The van der Waals surface area contributed by atoms with Crippen LogP contribution in [-0.2, 0) is 6.42 Å². The van der Waals surface area contributed by atoms with Crippen molar-refractivity contribution < 1.29 is 0 Å². The van der Waals surface area contributed by atoms with Crippen LogP contribution in [0.15, 0.2) is 12.1 Å². The minimum Gasteiger partial charge on any atom is -0.0843 e. The lowest BCUT2D eigenvalue weighted by Gasteiger charge is -2.04. The smallest absolute Gasteiger partial charge is 0.0455 e. The summed E-state index contributed by atoms with van der Waals surface area (Å²) < 4.78 is 0. The first-order valence-electron chi connectivity index (χ1n) is 3.80. The maximum absolute atomic E-state index is 6.03. The van der Waals surface area contributed by atoms with Gasteiger partial charge in [-0.2, -0.15) is 0 Å². The van der Waals surface area contributed by atoms with Crippen LogP contribution in [0.25, 0.3) is 0 Å². The lowest BCUT2D eigenvalue weighted by atomic mass is 10.1. The highest BCUT2D eigenvalue weighted by Crippen LogP contribution is 2.42. The molecule has 0 spiro atoms. The molecule has 0 aliphatic heterocycles. The van der Waals surface area contributed by atoms with Crippen molar-refractivity contribution in [3.8, 4) is 0 Å². The molecule has 2 rings (SSSR count). The van der Waals surface area contributed by atoms with Crippen LogP contribution in [0, 0.1) is 0 Å². The number of fused-ring (bicyclic) bond motifs is 1. The summed E-state index contributed by atoms with van der Waals surface area (Å²) in [7, 11) is 0. The van der Waals surface area contributed by atoms with E-state index in [-0.39, 0.29) is 0 Å². The fourth-order valence-electron chi connectivity index (χ4n) is 1.59. The zero-order valence-corrected chi connectivity index (χ0v) is 9.38. The number of rotatable bonds is 0. The molecule has 0 radical (unpaired) electrons. The van der Waals surface area contributed by atoms with E-state index in [0.717, 1.165) is 22.9 Å². The van der Waals surface area contributed by atoms with Gasteiger partial charge in [0.05, 0.1) is 0 Å². The zero-order chi connectivity index (χ0) is 8.72. The Morgan fingerprint density at radius 2 is 2.08 bits per heavy atom. The quantitative estimate of drug-likeness (QED) is 0.611. The van der Waals surface area contributed by atoms with Crippen molar-refractivity contribution in [2.24, 2.45) is 0 Å². The summed E-state index contributed by atoms with van der Waals surface area (Å²) >= 11 is 15.5. The molecule has 3 heteroatoms. The number of hydrogen-bond donors (Lipinski definition) is 0. The van der Waals surface area contributed by atoms with E-state index < -0.39 is 0 Å². The van der Waals surface area contributed by atoms with Crippen LogP contribution in [0.4, 0.5) is 0 Å². The van der Waals surface area contributed by atoms with Gasteiger partial charge in [0.2, 0.25) is 0 Å². The van der Waals surface area contributed by atoms with Gasteiger partial charge >= 0.3 is 0 Å². The summed E-state index contributed by atoms with van der Waals surface area (Å²) in [4.78, 5) is 0.434. The molecular weight excluding hydrogens is 259 g/mol. The standard InChI is InChI=1S/C9H7BrCl2/c10-8-2-1-6-7(8)3-5(11)4-9(6)12/h3-4,8H,1-2H2. The van der Waals surface area contributed by atoms with Crippen molar-refractivity contribution in [2.75, 3.05) is 0 Å². The molecule has 1 aromatic carbocycles. The van der Waals surface area contributed by atoms with Gasteiger partial charge in [-0.3, -0.25) is 0 Å². The van der Waals surface area contributed by atoms with Crippen molar-refractivity contribution in [3.63, 3.8) is 0 Å². The Kier molecular flexibility index (Phi) is 2.37. The fourth-order valence-corrected chi connectivity index (χ4v) is 2.83. The van der Waals surface area contributed by atoms with Crippen LogP contribution in [-0.4, -0.2) is 0 Å². The first-order valence-corrected chi connectivity index (χ1v) is 5.47. The van der Waals surface area contributed by atoms with E-state index in [2.05, 4.69) is 15.9 Å². The number of halogens is 3. The SMILES string of the molecule is Clc1cc(Cl)c2c(c1)C(Br)CC2. The van der Waals surface area contributed by atoms with Crippen LogP contribution in [0.3, 0.4) is 0 Å². The third-order valence-corrected chi connectivity index (χ3v) is 3.69. The lowest BCUT2D eigenvalue weighted by molar-refractivity contribution is 0.903. The average Bonchev–Trinajstić information content (AvgIpc) is 2.33. The maximum atomic E-state index is 6.03. The predicted octanol–water partition coefficient (Wildman–Crippen LogP) is 4.38. The molecule has 1 atom stereocenters. The van der Waals surface area contributed by atoms with Gasteiger partial charge in [0.1, 0.15) is 0 Å². The molecule has 64 valence electrons. The molecule has 0 fully saturated rings. The normalized spacial score (nSPS) is 21.1. The molecule has 0 aromatic heterocycles. The van der Waals surface area contributed by atoms with E-state index in [1.54, 1.807) is 0 Å². The molecule has 1 unspecified atom stereocenters. The van der Waals surface area contributed by atoms with Crippen molar-refractivity contribution in [3.05, 3.63) is 33.3 Å². The molecular formula is C9H7BrCl2. The number of alkyl halides is 1.